The number of aryl methyl sites for hydroxylation is 1. The third-order valence-electron chi connectivity index (χ3n) is 3.74. The summed E-state index contributed by atoms with van der Waals surface area (Å²) in [7, 11) is 0. The molecule has 0 heterocycles. The van der Waals surface area contributed by atoms with Crippen molar-refractivity contribution in [1.29, 1.82) is 0 Å². The first-order valence-corrected chi connectivity index (χ1v) is 8.39. The van der Waals surface area contributed by atoms with Crippen molar-refractivity contribution >= 4 is 11.9 Å². The maximum atomic E-state index is 12.0. The molecule has 136 valence electrons. The average molecular weight is 352 g/mol. The first-order valence-electron chi connectivity index (χ1n) is 8.39. The van der Waals surface area contributed by atoms with Crippen LogP contribution in [0.5, 0.6) is 11.5 Å². The number of carbonyl (C=O) groups is 2. The van der Waals surface area contributed by atoms with Crippen LogP contribution in [-0.2, 0) is 9.59 Å². The van der Waals surface area contributed by atoms with Crippen molar-refractivity contribution in [2.24, 2.45) is 5.41 Å². The minimum absolute atomic E-state index is 0.267. The molecule has 0 unspecified atom stereocenters. The van der Waals surface area contributed by atoms with Crippen LogP contribution in [0.15, 0.2) is 54.6 Å². The molecule has 2 aromatic carbocycles. The van der Waals surface area contributed by atoms with Crippen LogP contribution < -0.4 is 9.47 Å². The van der Waals surface area contributed by atoms with Crippen molar-refractivity contribution in [3.8, 4) is 22.6 Å². The van der Waals surface area contributed by atoms with Crippen LogP contribution in [0.25, 0.3) is 11.1 Å². The number of rotatable bonds is 4. The molecule has 0 amide bonds. The van der Waals surface area contributed by atoms with Crippen LogP contribution in [-0.4, -0.2) is 11.9 Å². The summed E-state index contributed by atoms with van der Waals surface area (Å²) in [6, 6.07) is 12.9. The predicted octanol–water partition coefficient (Wildman–Crippen LogP) is 5.10. The van der Waals surface area contributed by atoms with Gasteiger partial charge in [-0.25, -0.2) is 4.79 Å². The van der Waals surface area contributed by atoms with Gasteiger partial charge in [-0.3, -0.25) is 4.79 Å². The number of ether oxygens (including phenoxy) is 2. The second kappa shape index (κ2) is 7.56. The fourth-order valence-electron chi connectivity index (χ4n) is 2.11. The van der Waals surface area contributed by atoms with Gasteiger partial charge in [-0.15, -0.1) is 0 Å². The summed E-state index contributed by atoms with van der Waals surface area (Å²) in [4.78, 5) is 23.6. The van der Waals surface area contributed by atoms with E-state index in [4.69, 9.17) is 9.47 Å². The van der Waals surface area contributed by atoms with Gasteiger partial charge in [-0.05, 0) is 75.6 Å². The summed E-state index contributed by atoms with van der Waals surface area (Å²) in [6.45, 7) is 12.5. The summed E-state index contributed by atoms with van der Waals surface area (Å²) >= 11 is 0. The molecule has 0 radical (unpaired) electrons. The van der Waals surface area contributed by atoms with Crippen LogP contribution in [0.2, 0.25) is 0 Å². The summed E-state index contributed by atoms with van der Waals surface area (Å²) in [5, 5.41) is 0. The molecule has 0 fully saturated rings. The second-order valence-corrected chi connectivity index (χ2v) is 7.31. The Kier molecular flexibility index (Phi) is 5.66. The first kappa shape index (κ1) is 19.4. The van der Waals surface area contributed by atoms with Gasteiger partial charge >= 0.3 is 11.9 Å². The lowest BCUT2D eigenvalue weighted by Gasteiger charge is -2.17. The lowest BCUT2D eigenvalue weighted by atomic mass is 9.97. The molecule has 0 spiro atoms. The lowest BCUT2D eigenvalue weighted by molar-refractivity contribution is -0.143. The van der Waals surface area contributed by atoms with E-state index in [0.29, 0.717) is 17.1 Å². The standard InChI is InChI=1S/C22H24O4/c1-14(2)20(23)25-18-10-7-16(8-11-18)17-9-12-19(15(3)13-17)26-21(24)22(4,5)6/h7-13H,1H2,2-6H3. The molecule has 0 aliphatic carbocycles. The molecule has 0 N–H and O–H groups in total. The van der Waals surface area contributed by atoms with E-state index in [0.717, 1.165) is 16.7 Å². The molecule has 2 aromatic rings. The third kappa shape index (κ3) is 4.82. The average Bonchev–Trinajstić information content (AvgIpc) is 2.56. The Morgan fingerprint density at radius 2 is 1.50 bits per heavy atom. The minimum atomic E-state index is -0.553. The Morgan fingerprint density at radius 1 is 0.923 bits per heavy atom. The van der Waals surface area contributed by atoms with Crippen LogP contribution in [0.1, 0.15) is 33.3 Å². The van der Waals surface area contributed by atoms with E-state index in [1.54, 1.807) is 25.1 Å². The molecule has 0 atom stereocenters. The Bertz CT molecular complexity index is 839. The topological polar surface area (TPSA) is 52.6 Å². The zero-order valence-electron chi connectivity index (χ0n) is 15.9. The Hall–Kier alpha value is -2.88. The van der Waals surface area contributed by atoms with Gasteiger partial charge in [0.15, 0.2) is 0 Å². The molecule has 0 aromatic heterocycles. The Morgan fingerprint density at radius 3 is 2.00 bits per heavy atom. The van der Waals surface area contributed by atoms with Crippen LogP contribution in [0.3, 0.4) is 0 Å². The van der Waals surface area contributed by atoms with Gasteiger partial charge in [0.2, 0.25) is 0 Å². The van der Waals surface area contributed by atoms with Crippen molar-refractivity contribution in [2.75, 3.05) is 0 Å². The molecule has 0 aliphatic rings. The maximum absolute atomic E-state index is 12.0. The highest BCUT2D eigenvalue weighted by atomic mass is 16.5. The lowest BCUT2D eigenvalue weighted by Crippen LogP contribution is -2.25. The van der Waals surface area contributed by atoms with Crippen molar-refractivity contribution in [3.05, 3.63) is 60.2 Å². The molecule has 4 heteroatoms. The van der Waals surface area contributed by atoms with Crippen LogP contribution in [0.4, 0.5) is 0 Å². The third-order valence-corrected chi connectivity index (χ3v) is 3.74. The van der Waals surface area contributed by atoms with E-state index in [1.807, 2.05) is 52.0 Å². The normalized spacial score (nSPS) is 11.0. The molecule has 0 saturated carbocycles. The fourth-order valence-corrected chi connectivity index (χ4v) is 2.11. The van der Waals surface area contributed by atoms with Crippen LogP contribution >= 0.6 is 0 Å². The SMILES string of the molecule is C=C(C)C(=O)Oc1ccc(-c2ccc(OC(=O)C(C)(C)C)c(C)c2)cc1. The monoisotopic (exact) mass is 352 g/mol. The first-order chi connectivity index (χ1) is 12.1. The van der Waals surface area contributed by atoms with Gasteiger partial charge in [0.1, 0.15) is 11.5 Å². The van der Waals surface area contributed by atoms with Crippen molar-refractivity contribution in [1.82, 2.24) is 0 Å². The molecule has 4 nitrogen and oxygen atoms in total. The zero-order chi connectivity index (χ0) is 19.5. The van der Waals surface area contributed by atoms with Gasteiger partial charge in [-0.2, -0.15) is 0 Å². The molecule has 0 saturated heterocycles. The Balaban J connectivity index is 2.17. The van der Waals surface area contributed by atoms with E-state index in [2.05, 4.69) is 6.58 Å². The molecule has 0 bridgehead atoms. The van der Waals surface area contributed by atoms with E-state index in [9.17, 15) is 9.59 Å². The van der Waals surface area contributed by atoms with Gasteiger partial charge < -0.3 is 9.47 Å². The van der Waals surface area contributed by atoms with Gasteiger partial charge in [-0.1, -0.05) is 24.8 Å². The number of carbonyl (C=O) groups excluding carboxylic acids is 2. The van der Waals surface area contributed by atoms with Crippen molar-refractivity contribution < 1.29 is 19.1 Å². The highest BCUT2D eigenvalue weighted by Crippen LogP contribution is 2.29. The number of hydrogen-bond acceptors (Lipinski definition) is 4. The molecular formula is C22H24O4. The minimum Gasteiger partial charge on any atom is -0.426 e. The molecule has 26 heavy (non-hydrogen) atoms. The van der Waals surface area contributed by atoms with Crippen LogP contribution in [0, 0.1) is 12.3 Å². The Labute approximate surface area is 154 Å². The summed E-state index contributed by atoms with van der Waals surface area (Å²) in [5.41, 5.74) is 2.62. The van der Waals surface area contributed by atoms with E-state index < -0.39 is 11.4 Å². The van der Waals surface area contributed by atoms with E-state index >= 15 is 0 Å². The highest BCUT2D eigenvalue weighted by Gasteiger charge is 2.24. The quantitative estimate of drug-likeness (QED) is 0.437. The number of esters is 2. The van der Waals surface area contributed by atoms with E-state index in [1.165, 1.54) is 0 Å². The second-order valence-electron chi connectivity index (χ2n) is 7.31. The summed E-state index contributed by atoms with van der Waals surface area (Å²) in [6.07, 6.45) is 0. The largest absolute Gasteiger partial charge is 0.426 e. The molecule has 2 rings (SSSR count). The van der Waals surface area contributed by atoms with Crippen molar-refractivity contribution in [3.63, 3.8) is 0 Å². The molecule has 0 aliphatic heterocycles. The number of hydrogen-bond donors (Lipinski definition) is 0. The molecular weight excluding hydrogens is 328 g/mol. The smallest absolute Gasteiger partial charge is 0.338 e. The summed E-state index contributed by atoms with van der Waals surface area (Å²) in [5.74, 6) is 0.311. The zero-order valence-corrected chi connectivity index (χ0v) is 15.9. The fraction of sp³-hybridized carbons (Fsp3) is 0.273. The van der Waals surface area contributed by atoms with Crippen molar-refractivity contribution in [2.45, 2.75) is 34.6 Å². The van der Waals surface area contributed by atoms with Gasteiger partial charge in [0, 0.05) is 5.57 Å². The van der Waals surface area contributed by atoms with Gasteiger partial charge in [0.05, 0.1) is 5.41 Å². The van der Waals surface area contributed by atoms with Gasteiger partial charge in [0.25, 0.3) is 0 Å². The maximum Gasteiger partial charge on any atom is 0.338 e. The summed E-state index contributed by atoms with van der Waals surface area (Å²) < 4.78 is 10.7. The number of benzene rings is 2. The van der Waals surface area contributed by atoms with E-state index in [-0.39, 0.29) is 5.97 Å². The predicted molar refractivity (Wildman–Crippen MR) is 102 cm³/mol. The highest BCUT2D eigenvalue weighted by molar-refractivity contribution is 5.88.